The van der Waals surface area contributed by atoms with E-state index in [1.54, 1.807) is 0 Å². The van der Waals surface area contributed by atoms with Crippen molar-refractivity contribution < 1.29 is 0 Å². The molecule has 2 heterocycles. The first kappa shape index (κ1) is 32.6. The Morgan fingerprint density at radius 3 is 1.02 bits per heavy atom. The van der Waals surface area contributed by atoms with Crippen molar-refractivity contribution in [3.8, 4) is 44.8 Å². The summed E-state index contributed by atoms with van der Waals surface area (Å²) in [5.74, 6) is 0. The monoisotopic (exact) mass is 734 g/mol. The van der Waals surface area contributed by atoms with E-state index in [1.807, 2.05) is 0 Å². The summed E-state index contributed by atoms with van der Waals surface area (Å²) in [6.07, 6.45) is 0. The summed E-state index contributed by atoms with van der Waals surface area (Å²) in [5.41, 5.74) is 10.7. The molecule has 12 aromatic rings. The zero-order valence-corrected chi connectivity index (χ0v) is 31.5. The molecular formula is C56H34N2. The summed E-state index contributed by atoms with van der Waals surface area (Å²) in [6, 6.07) is 74.5. The van der Waals surface area contributed by atoms with Crippen LogP contribution in [0.1, 0.15) is 0 Å². The van der Waals surface area contributed by atoms with Gasteiger partial charge in [0.15, 0.2) is 0 Å². The van der Waals surface area contributed by atoms with E-state index in [4.69, 9.17) is 9.97 Å². The van der Waals surface area contributed by atoms with Crippen LogP contribution in [0, 0.1) is 0 Å². The molecule has 0 unspecified atom stereocenters. The molecule has 0 aliphatic rings. The van der Waals surface area contributed by atoms with Crippen molar-refractivity contribution in [3.63, 3.8) is 0 Å². The van der Waals surface area contributed by atoms with E-state index in [0.717, 1.165) is 77.3 Å². The third-order valence-electron chi connectivity index (χ3n) is 12.0. The Balaban J connectivity index is 1.22. The van der Waals surface area contributed by atoms with Crippen LogP contribution < -0.4 is 0 Å². The minimum absolute atomic E-state index is 0.951. The number of hydrogen-bond donors (Lipinski definition) is 0. The maximum Gasteiger partial charge on any atom is 0.0795 e. The van der Waals surface area contributed by atoms with Gasteiger partial charge in [0.05, 0.1) is 22.4 Å². The van der Waals surface area contributed by atoms with Crippen LogP contribution in [-0.2, 0) is 0 Å². The van der Waals surface area contributed by atoms with E-state index in [1.165, 1.54) is 43.1 Å². The lowest BCUT2D eigenvalue weighted by Crippen LogP contribution is -1.95. The highest BCUT2D eigenvalue weighted by atomic mass is 14.7. The predicted octanol–water partition coefficient (Wildman–Crippen LogP) is 15.2. The molecule has 12 rings (SSSR count). The van der Waals surface area contributed by atoms with Crippen molar-refractivity contribution in [2.24, 2.45) is 0 Å². The van der Waals surface area contributed by atoms with Crippen LogP contribution in [0.2, 0.25) is 0 Å². The Bertz CT molecular complexity index is 3370. The Kier molecular flexibility index (Phi) is 7.26. The average molecular weight is 735 g/mol. The normalized spacial score (nSPS) is 11.8. The number of hydrogen-bond acceptors (Lipinski definition) is 2. The first-order valence-electron chi connectivity index (χ1n) is 19.9. The van der Waals surface area contributed by atoms with E-state index >= 15 is 0 Å². The van der Waals surface area contributed by atoms with Crippen molar-refractivity contribution in [2.45, 2.75) is 0 Å². The molecule has 0 atom stereocenters. The van der Waals surface area contributed by atoms with Crippen LogP contribution in [0.15, 0.2) is 206 Å². The fourth-order valence-electron chi connectivity index (χ4n) is 9.30. The van der Waals surface area contributed by atoms with E-state index < -0.39 is 0 Å². The molecule has 0 aliphatic carbocycles. The van der Waals surface area contributed by atoms with Gasteiger partial charge in [0.1, 0.15) is 0 Å². The summed E-state index contributed by atoms with van der Waals surface area (Å²) in [7, 11) is 0. The second-order valence-corrected chi connectivity index (χ2v) is 15.2. The molecule has 2 heteroatoms. The second-order valence-electron chi connectivity index (χ2n) is 15.2. The highest BCUT2D eigenvalue weighted by molar-refractivity contribution is 6.23. The Morgan fingerprint density at radius 1 is 0.224 bits per heavy atom. The summed E-state index contributed by atoms with van der Waals surface area (Å²) in [4.78, 5) is 11.4. The van der Waals surface area contributed by atoms with Crippen LogP contribution in [0.3, 0.4) is 0 Å². The second kappa shape index (κ2) is 12.9. The van der Waals surface area contributed by atoms with Crippen LogP contribution in [-0.4, -0.2) is 9.97 Å². The third-order valence-corrected chi connectivity index (χ3v) is 12.0. The maximum atomic E-state index is 5.69. The third kappa shape index (κ3) is 5.05. The van der Waals surface area contributed by atoms with Crippen LogP contribution in [0.25, 0.3) is 120 Å². The SMILES string of the molecule is c1ccc(-c2cc3c(cc(-c4ccccc4)c4ccc(-c5cc6ccccc6c6ccccc56)nc43)c3nc(-c4cc5ccccc5c5ccccc45)ccc23)cc1. The molecule has 0 saturated heterocycles. The number of pyridine rings is 2. The molecule has 2 nitrogen and oxygen atoms in total. The van der Waals surface area contributed by atoms with Gasteiger partial charge in [-0.2, -0.15) is 0 Å². The molecule has 10 aromatic carbocycles. The quantitative estimate of drug-likeness (QED) is 0.168. The Hall–Kier alpha value is -7.68. The lowest BCUT2D eigenvalue weighted by atomic mass is 9.89. The topological polar surface area (TPSA) is 25.8 Å². The maximum absolute atomic E-state index is 5.69. The summed E-state index contributed by atoms with van der Waals surface area (Å²) in [5, 5.41) is 14.2. The molecule has 0 N–H and O–H groups in total. The van der Waals surface area contributed by atoms with Crippen LogP contribution in [0.4, 0.5) is 0 Å². The van der Waals surface area contributed by atoms with Gasteiger partial charge in [-0.25, -0.2) is 9.97 Å². The van der Waals surface area contributed by atoms with E-state index in [9.17, 15) is 0 Å². The Morgan fingerprint density at radius 2 is 0.586 bits per heavy atom. The molecule has 0 amide bonds. The smallest absolute Gasteiger partial charge is 0.0795 e. The van der Waals surface area contributed by atoms with Gasteiger partial charge < -0.3 is 0 Å². The minimum Gasteiger partial charge on any atom is -0.247 e. The zero-order chi connectivity index (χ0) is 38.2. The zero-order valence-electron chi connectivity index (χ0n) is 31.5. The number of aromatic nitrogens is 2. The Labute approximate surface area is 335 Å². The number of rotatable bonds is 4. The standard InChI is InChI=1S/C56H34N2/c1-3-15-35(16-4-1)47-33-51-52(55-45(47)27-29-53(57-55)49-31-37-19-7-9-21-39(37)41-23-11-13-25-43(41)49)34-48(36-17-5-2-6-18-36)46-28-30-54(58-56(46)51)50-32-38-20-8-10-22-40(38)42-24-12-14-26-44(42)50/h1-34H. The first-order valence-corrected chi connectivity index (χ1v) is 19.9. The van der Waals surface area contributed by atoms with Crippen molar-refractivity contribution in [1.29, 1.82) is 0 Å². The molecule has 2 aromatic heterocycles. The van der Waals surface area contributed by atoms with Crippen LogP contribution >= 0.6 is 0 Å². The lowest BCUT2D eigenvalue weighted by Gasteiger charge is -2.17. The summed E-state index contributed by atoms with van der Waals surface area (Å²) < 4.78 is 0. The lowest BCUT2D eigenvalue weighted by molar-refractivity contribution is 1.41. The van der Waals surface area contributed by atoms with Crippen molar-refractivity contribution >= 4 is 75.7 Å². The molecular weight excluding hydrogens is 701 g/mol. The predicted molar refractivity (Wildman–Crippen MR) is 246 cm³/mol. The molecule has 0 spiro atoms. The highest BCUT2D eigenvalue weighted by Crippen LogP contribution is 2.44. The minimum atomic E-state index is 0.951. The molecule has 0 aliphatic heterocycles. The van der Waals surface area contributed by atoms with Gasteiger partial charge in [0, 0.05) is 32.7 Å². The van der Waals surface area contributed by atoms with Crippen LogP contribution in [0.5, 0.6) is 0 Å². The molecule has 0 radical (unpaired) electrons. The number of fused-ring (bicyclic) bond motifs is 11. The molecule has 0 bridgehead atoms. The van der Waals surface area contributed by atoms with Crippen molar-refractivity contribution in [1.82, 2.24) is 9.97 Å². The summed E-state index contributed by atoms with van der Waals surface area (Å²) in [6.45, 7) is 0. The average Bonchev–Trinajstić information content (AvgIpc) is 3.30. The van der Waals surface area contributed by atoms with E-state index in [-0.39, 0.29) is 0 Å². The summed E-state index contributed by atoms with van der Waals surface area (Å²) >= 11 is 0. The number of nitrogens with zero attached hydrogens (tertiary/aromatic N) is 2. The largest absolute Gasteiger partial charge is 0.247 e. The molecule has 58 heavy (non-hydrogen) atoms. The van der Waals surface area contributed by atoms with Gasteiger partial charge in [0.2, 0.25) is 0 Å². The highest BCUT2D eigenvalue weighted by Gasteiger charge is 2.20. The van der Waals surface area contributed by atoms with Gasteiger partial charge >= 0.3 is 0 Å². The molecule has 268 valence electrons. The van der Waals surface area contributed by atoms with Gasteiger partial charge in [-0.1, -0.05) is 158 Å². The molecule has 0 saturated carbocycles. The molecule has 0 fully saturated rings. The van der Waals surface area contributed by atoms with Gasteiger partial charge in [-0.15, -0.1) is 0 Å². The fraction of sp³-hybridized carbons (Fsp3) is 0. The van der Waals surface area contributed by atoms with Crippen molar-refractivity contribution in [2.75, 3.05) is 0 Å². The first-order chi connectivity index (χ1) is 28.8. The van der Waals surface area contributed by atoms with E-state index in [2.05, 4.69) is 206 Å². The van der Waals surface area contributed by atoms with Gasteiger partial charge in [0.25, 0.3) is 0 Å². The number of benzene rings is 10. The van der Waals surface area contributed by atoms with Gasteiger partial charge in [-0.05, 0) is 114 Å². The van der Waals surface area contributed by atoms with Gasteiger partial charge in [-0.3, -0.25) is 0 Å². The fourth-order valence-corrected chi connectivity index (χ4v) is 9.30. The van der Waals surface area contributed by atoms with Crippen molar-refractivity contribution in [3.05, 3.63) is 206 Å². The van der Waals surface area contributed by atoms with E-state index in [0.29, 0.717) is 0 Å².